The number of fused-ring (bicyclic) bond motifs is 2. The van der Waals surface area contributed by atoms with E-state index in [1.165, 1.54) is 9.80 Å². The van der Waals surface area contributed by atoms with E-state index in [-0.39, 0.29) is 64.7 Å². The molecule has 0 radical (unpaired) electrons. The molecular formula is C42H46ClFN6O5. The van der Waals surface area contributed by atoms with Gasteiger partial charge >= 0.3 is 5.69 Å². The molecule has 13 heteroatoms. The molecule has 8 rings (SSSR count). The van der Waals surface area contributed by atoms with Crippen LogP contribution in [0.25, 0.3) is 21.9 Å². The van der Waals surface area contributed by atoms with Crippen molar-refractivity contribution in [2.75, 3.05) is 39.2 Å². The molecule has 3 fully saturated rings. The summed E-state index contributed by atoms with van der Waals surface area (Å²) in [5.74, 6) is -0.473. The number of ether oxygens (including phenoxy) is 1. The van der Waals surface area contributed by atoms with Crippen molar-refractivity contribution >= 4 is 56.9 Å². The number of anilines is 1. The molecule has 1 spiro atoms. The number of aromatic nitrogens is 3. The van der Waals surface area contributed by atoms with Crippen LogP contribution < -0.4 is 15.3 Å². The van der Waals surface area contributed by atoms with Crippen LogP contribution >= 0.6 is 11.6 Å². The molecule has 0 bridgehead atoms. The monoisotopic (exact) mass is 768 g/mol. The Morgan fingerprint density at radius 1 is 1.00 bits per heavy atom. The maximum Gasteiger partial charge on any atom is 0.329 e. The highest BCUT2D eigenvalue weighted by molar-refractivity contribution is 6.31. The van der Waals surface area contributed by atoms with Crippen molar-refractivity contribution in [3.8, 4) is 5.75 Å². The van der Waals surface area contributed by atoms with Crippen molar-refractivity contribution < 1.29 is 23.5 Å². The predicted molar refractivity (Wildman–Crippen MR) is 210 cm³/mol. The normalized spacial score (nSPS) is 19.2. The maximum atomic E-state index is 15.1. The number of methoxy groups -OCH3 is 1. The summed E-state index contributed by atoms with van der Waals surface area (Å²) < 4.78 is 23.6. The molecule has 5 aromatic rings. The molecule has 11 nitrogen and oxygen atoms in total. The molecule has 1 unspecified atom stereocenters. The fourth-order valence-corrected chi connectivity index (χ4v) is 9.54. The van der Waals surface area contributed by atoms with Crippen molar-refractivity contribution in [3.05, 3.63) is 92.7 Å². The smallest absolute Gasteiger partial charge is 0.329 e. The summed E-state index contributed by atoms with van der Waals surface area (Å²) in [5.41, 5.74) is 4.76. The molecule has 2 saturated heterocycles. The number of imidazole rings is 1. The number of amides is 3. The number of hydrogen-bond donors (Lipinski definition) is 1. The molecule has 55 heavy (non-hydrogen) atoms. The molecule has 3 aliphatic rings. The minimum Gasteiger partial charge on any atom is -0.497 e. The Kier molecular flexibility index (Phi) is 9.51. The minimum atomic E-state index is -0.786. The highest BCUT2D eigenvalue weighted by Gasteiger charge is 2.41. The second-order valence-electron chi connectivity index (χ2n) is 15.8. The van der Waals surface area contributed by atoms with Crippen LogP contribution in [0.2, 0.25) is 5.02 Å². The Balaban J connectivity index is 0.990. The van der Waals surface area contributed by atoms with E-state index in [0.717, 1.165) is 79.3 Å². The number of aromatic amines is 1. The van der Waals surface area contributed by atoms with Gasteiger partial charge in [-0.3, -0.25) is 28.4 Å². The zero-order valence-corrected chi connectivity index (χ0v) is 32.4. The van der Waals surface area contributed by atoms with Crippen LogP contribution in [0.1, 0.15) is 84.9 Å². The zero-order valence-electron chi connectivity index (χ0n) is 31.7. The summed E-state index contributed by atoms with van der Waals surface area (Å²) in [7, 11) is 6.68. The van der Waals surface area contributed by atoms with Crippen LogP contribution in [0.15, 0.2) is 59.4 Å². The van der Waals surface area contributed by atoms with Crippen molar-refractivity contribution in [3.63, 3.8) is 0 Å². The third-order valence-corrected chi connectivity index (χ3v) is 12.8. The second kappa shape index (κ2) is 14.2. The van der Waals surface area contributed by atoms with Gasteiger partial charge in [0.2, 0.25) is 5.91 Å². The third kappa shape index (κ3) is 6.37. The van der Waals surface area contributed by atoms with Gasteiger partial charge in [0.1, 0.15) is 17.5 Å². The van der Waals surface area contributed by atoms with Crippen molar-refractivity contribution in [1.82, 2.24) is 23.9 Å². The number of aryl methyl sites for hydroxylation is 1. The quantitative estimate of drug-likeness (QED) is 0.176. The van der Waals surface area contributed by atoms with E-state index in [4.69, 9.17) is 16.3 Å². The number of hydrogen-bond acceptors (Lipinski definition) is 6. The zero-order chi connectivity index (χ0) is 38.8. The van der Waals surface area contributed by atoms with E-state index >= 15 is 4.39 Å². The fraction of sp³-hybridized carbons (Fsp3) is 0.429. The van der Waals surface area contributed by atoms with Gasteiger partial charge in [0.15, 0.2) is 5.82 Å². The van der Waals surface area contributed by atoms with Crippen LogP contribution in [0, 0.1) is 11.2 Å². The molecule has 3 amide bonds. The van der Waals surface area contributed by atoms with Gasteiger partial charge in [0, 0.05) is 46.0 Å². The number of nitrogens with one attached hydrogen (secondary N) is 1. The highest BCUT2D eigenvalue weighted by Crippen LogP contribution is 2.51. The first-order valence-corrected chi connectivity index (χ1v) is 19.4. The number of imide groups is 1. The average molecular weight is 769 g/mol. The number of H-pyrrole nitrogens is 1. The molecule has 2 aliphatic heterocycles. The Bertz CT molecular complexity index is 2380. The van der Waals surface area contributed by atoms with Crippen molar-refractivity contribution in [2.24, 2.45) is 12.5 Å². The van der Waals surface area contributed by atoms with E-state index < -0.39 is 11.9 Å². The first-order chi connectivity index (χ1) is 26.4. The largest absolute Gasteiger partial charge is 0.497 e. The van der Waals surface area contributed by atoms with Crippen molar-refractivity contribution in [2.45, 2.75) is 69.9 Å². The summed E-state index contributed by atoms with van der Waals surface area (Å²) >= 11 is 6.39. The predicted octanol–water partition coefficient (Wildman–Crippen LogP) is 7.16. The lowest BCUT2D eigenvalue weighted by molar-refractivity contribution is -0.151. The first kappa shape index (κ1) is 36.9. The molecule has 1 saturated carbocycles. The SMILES string of the molecule is COc1ccc(CN2C(=O)CCC(n3c(=O)n(C)c4c(N5CCC6(CCC(c7cc(Cl)c(F)c8[nH]c(C(=O)N(C)C)cc78)CC6)CC5)cccc43)C2=O)cc1. The molecule has 3 aromatic carbocycles. The van der Waals surface area contributed by atoms with Crippen LogP contribution in [0.4, 0.5) is 10.1 Å². The lowest BCUT2D eigenvalue weighted by Crippen LogP contribution is -2.47. The molecule has 2 aromatic heterocycles. The van der Waals surface area contributed by atoms with E-state index in [1.807, 2.05) is 24.3 Å². The Morgan fingerprint density at radius 2 is 1.71 bits per heavy atom. The van der Waals surface area contributed by atoms with Crippen LogP contribution in [-0.2, 0) is 23.2 Å². The maximum absolute atomic E-state index is 15.1. The fourth-order valence-electron chi connectivity index (χ4n) is 9.32. The summed E-state index contributed by atoms with van der Waals surface area (Å²) in [6.07, 6.45) is 6.39. The van der Waals surface area contributed by atoms with E-state index in [2.05, 4.69) is 16.0 Å². The third-order valence-electron chi connectivity index (χ3n) is 12.5. The molecule has 1 atom stereocenters. The van der Waals surface area contributed by atoms with Gasteiger partial charge in [-0.15, -0.1) is 0 Å². The number of benzene rings is 3. The van der Waals surface area contributed by atoms with Crippen LogP contribution in [0.5, 0.6) is 5.75 Å². The summed E-state index contributed by atoms with van der Waals surface area (Å²) in [4.78, 5) is 61.7. The summed E-state index contributed by atoms with van der Waals surface area (Å²) in [6, 6.07) is 15.9. The summed E-state index contributed by atoms with van der Waals surface area (Å²) in [6.45, 7) is 1.79. The van der Waals surface area contributed by atoms with Crippen LogP contribution in [-0.4, -0.2) is 75.9 Å². The number of carbonyl (C=O) groups is 3. The van der Waals surface area contributed by atoms with E-state index in [0.29, 0.717) is 17.0 Å². The Labute approximate surface area is 323 Å². The van der Waals surface area contributed by atoms with Gasteiger partial charge < -0.3 is 19.5 Å². The first-order valence-electron chi connectivity index (χ1n) is 19.0. The topological polar surface area (TPSA) is 113 Å². The van der Waals surface area contributed by atoms with Gasteiger partial charge in [-0.25, -0.2) is 9.18 Å². The lowest BCUT2D eigenvalue weighted by Gasteiger charge is -2.47. The van der Waals surface area contributed by atoms with E-state index in [9.17, 15) is 19.2 Å². The van der Waals surface area contributed by atoms with Gasteiger partial charge in [-0.05, 0) is 104 Å². The molecule has 288 valence electrons. The molecule has 1 N–H and O–H groups in total. The number of halogens is 2. The standard InChI is InChI=1S/C42H46ClFN6O5/c1-46(2)39(52)31-23-29-28(22-30(43)36(44)37(29)45-31)26-14-16-42(17-15-26)18-20-48(21-19-42)32-6-5-7-33-38(32)47(3)41(54)50(33)34-12-13-35(51)49(40(34)53)24-25-8-10-27(55-4)11-9-25/h5-11,22-23,26,34,45H,12-21,24H2,1-4H3. The molecule has 4 heterocycles. The van der Waals surface area contributed by atoms with E-state index in [1.54, 1.807) is 61.7 Å². The minimum absolute atomic E-state index is 0.0615. The van der Waals surface area contributed by atoms with Gasteiger partial charge in [0.25, 0.3) is 11.8 Å². The Morgan fingerprint density at radius 3 is 2.38 bits per heavy atom. The number of rotatable bonds is 7. The van der Waals surface area contributed by atoms with Gasteiger partial charge in [-0.1, -0.05) is 29.8 Å². The van der Waals surface area contributed by atoms with Gasteiger partial charge in [0.05, 0.1) is 40.9 Å². The van der Waals surface area contributed by atoms with Gasteiger partial charge in [-0.2, -0.15) is 0 Å². The average Bonchev–Trinajstić information content (AvgIpc) is 3.75. The second-order valence-corrected chi connectivity index (χ2v) is 16.2. The number of para-hydroxylation sites is 1. The lowest BCUT2D eigenvalue weighted by atomic mass is 9.64. The summed E-state index contributed by atoms with van der Waals surface area (Å²) in [5, 5.41) is 0.784. The van der Waals surface area contributed by atoms with Crippen LogP contribution in [0.3, 0.4) is 0 Å². The highest BCUT2D eigenvalue weighted by atomic mass is 35.5. The number of nitrogens with zero attached hydrogens (tertiary/aromatic N) is 5. The number of piperidine rings is 2. The number of carbonyl (C=O) groups excluding carboxylic acids is 3. The van der Waals surface area contributed by atoms with Crippen molar-refractivity contribution in [1.29, 1.82) is 0 Å². The Hall–Kier alpha value is -5.10. The number of likely N-dealkylation sites (tertiary alicyclic amines) is 1. The molecular weight excluding hydrogens is 723 g/mol. The molecule has 1 aliphatic carbocycles.